The molecule has 8 heteroatoms. The highest BCUT2D eigenvalue weighted by Crippen LogP contribution is 2.26. The van der Waals surface area contributed by atoms with Crippen LogP contribution < -0.4 is 5.32 Å². The summed E-state index contributed by atoms with van der Waals surface area (Å²) in [7, 11) is 0. The first-order chi connectivity index (χ1) is 10.5. The van der Waals surface area contributed by atoms with Gasteiger partial charge in [0.2, 0.25) is 0 Å². The molecule has 22 heavy (non-hydrogen) atoms. The Kier molecular flexibility index (Phi) is 5.91. The van der Waals surface area contributed by atoms with Crippen molar-refractivity contribution in [2.24, 2.45) is 0 Å². The fourth-order valence-electron chi connectivity index (χ4n) is 1.71. The SMILES string of the molecule is O=C(O)CC(NC(=O)OCc1ccccc1)c1ncc(Br)s1. The van der Waals surface area contributed by atoms with Gasteiger partial charge in [0.25, 0.3) is 0 Å². The Morgan fingerprint density at radius 1 is 1.36 bits per heavy atom. The predicted octanol–water partition coefficient (Wildman–Crippen LogP) is 3.35. The van der Waals surface area contributed by atoms with Gasteiger partial charge in [0, 0.05) is 0 Å². The summed E-state index contributed by atoms with van der Waals surface area (Å²) in [4.78, 5) is 26.8. The molecule has 1 unspecified atom stereocenters. The summed E-state index contributed by atoms with van der Waals surface area (Å²) in [5, 5.41) is 12.0. The number of rotatable bonds is 6. The molecule has 0 spiro atoms. The number of carboxylic acid groups (broad SMARTS) is 1. The van der Waals surface area contributed by atoms with Crippen LogP contribution in [0.15, 0.2) is 40.3 Å². The van der Waals surface area contributed by atoms with Crippen molar-refractivity contribution in [1.29, 1.82) is 0 Å². The topological polar surface area (TPSA) is 88.5 Å². The number of nitrogens with one attached hydrogen (secondary N) is 1. The molecule has 2 aromatic rings. The number of carbonyl (C=O) groups excluding carboxylic acids is 1. The highest BCUT2D eigenvalue weighted by atomic mass is 79.9. The zero-order valence-corrected chi connectivity index (χ0v) is 13.8. The van der Waals surface area contributed by atoms with Crippen molar-refractivity contribution < 1.29 is 19.4 Å². The molecule has 0 bridgehead atoms. The van der Waals surface area contributed by atoms with Gasteiger partial charge in [-0.05, 0) is 21.5 Å². The van der Waals surface area contributed by atoms with E-state index in [9.17, 15) is 9.59 Å². The van der Waals surface area contributed by atoms with Gasteiger partial charge >= 0.3 is 12.1 Å². The molecule has 0 aliphatic rings. The second-order valence-corrected chi connectivity index (χ2v) is 6.80. The molecule has 6 nitrogen and oxygen atoms in total. The highest BCUT2D eigenvalue weighted by molar-refractivity contribution is 9.11. The average Bonchev–Trinajstić information content (AvgIpc) is 2.92. The molecule has 2 N–H and O–H groups in total. The lowest BCUT2D eigenvalue weighted by molar-refractivity contribution is -0.137. The first kappa shape index (κ1) is 16.4. The number of halogens is 1. The van der Waals surface area contributed by atoms with E-state index < -0.39 is 18.1 Å². The van der Waals surface area contributed by atoms with Crippen molar-refractivity contribution in [3.05, 3.63) is 50.9 Å². The Labute approximate surface area is 139 Å². The molecule has 1 atom stereocenters. The van der Waals surface area contributed by atoms with E-state index in [1.54, 1.807) is 6.20 Å². The summed E-state index contributed by atoms with van der Waals surface area (Å²) >= 11 is 4.53. The van der Waals surface area contributed by atoms with Gasteiger partial charge in [-0.15, -0.1) is 11.3 Å². The first-order valence-corrected chi connectivity index (χ1v) is 7.96. The Morgan fingerprint density at radius 2 is 2.09 bits per heavy atom. The Bertz CT molecular complexity index is 647. The lowest BCUT2D eigenvalue weighted by Crippen LogP contribution is -2.30. The van der Waals surface area contributed by atoms with E-state index in [1.165, 1.54) is 11.3 Å². The van der Waals surface area contributed by atoms with Crippen molar-refractivity contribution in [2.45, 2.75) is 19.1 Å². The second kappa shape index (κ2) is 7.90. The van der Waals surface area contributed by atoms with E-state index in [0.717, 1.165) is 9.35 Å². The van der Waals surface area contributed by atoms with E-state index in [-0.39, 0.29) is 13.0 Å². The quantitative estimate of drug-likeness (QED) is 0.796. The fraction of sp³-hybridized carbons (Fsp3) is 0.214. The summed E-state index contributed by atoms with van der Waals surface area (Å²) in [6, 6.07) is 8.50. The highest BCUT2D eigenvalue weighted by Gasteiger charge is 2.21. The maximum Gasteiger partial charge on any atom is 0.408 e. The maximum absolute atomic E-state index is 11.8. The van der Waals surface area contributed by atoms with Crippen LogP contribution in [-0.2, 0) is 16.1 Å². The number of amides is 1. The number of aromatic nitrogens is 1. The number of carbonyl (C=O) groups is 2. The molecule has 1 aromatic heterocycles. The van der Waals surface area contributed by atoms with Crippen molar-refractivity contribution in [2.75, 3.05) is 0 Å². The summed E-state index contributed by atoms with van der Waals surface area (Å²) < 4.78 is 5.85. The van der Waals surface area contributed by atoms with Crippen LogP contribution in [0.1, 0.15) is 23.0 Å². The van der Waals surface area contributed by atoms with Crippen LogP contribution in [0.3, 0.4) is 0 Å². The van der Waals surface area contributed by atoms with Crippen LogP contribution in [0, 0.1) is 0 Å². The monoisotopic (exact) mass is 384 g/mol. The Balaban J connectivity index is 1.94. The minimum Gasteiger partial charge on any atom is -0.481 e. The average molecular weight is 385 g/mol. The van der Waals surface area contributed by atoms with E-state index in [2.05, 4.69) is 26.2 Å². The molecule has 116 valence electrons. The van der Waals surface area contributed by atoms with E-state index in [4.69, 9.17) is 9.84 Å². The number of alkyl carbamates (subject to hydrolysis) is 1. The molecule has 2 rings (SSSR count). The van der Waals surface area contributed by atoms with Gasteiger partial charge < -0.3 is 15.2 Å². The summed E-state index contributed by atoms with van der Waals surface area (Å²) in [6.07, 6.45) is 0.619. The third-order valence-electron chi connectivity index (χ3n) is 2.68. The predicted molar refractivity (Wildman–Crippen MR) is 84.6 cm³/mol. The summed E-state index contributed by atoms with van der Waals surface area (Å²) in [6.45, 7) is 0.119. The molecule has 0 saturated heterocycles. The van der Waals surface area contributed by atoms with Crippen LogP contribution in [0.4, 0.5) is 4.79 Å². The number of aliphatic carboxylic acids is 1. The van der Waals surface area contributed by atoms with E-state index in [0.29, 0.717) is 5.01 Å². The summed E-state index contributed by atoms with van der Waals surface area (Å²) in [5.41, 5.74) is 0.851. The lowest BCUT2D eigenvalue weighted by Gasteiger charge is -2.14. The third-order valence-corrected chi connectivity index (χ3v) is 4.27. The van der Waals surface area contributed by atoms with E-state index in [1.807, 2.05) is 30.3 Å². The molecule has 0 radical (unpaired) electrons. The zero-order chi connectivity index (χ0) is 15.9. The molecule has 0 saturated carbocycles. The molecular formula is C14H13BrN2O4S. The number of hydrogen-bond donors (Lipinski definition) is 2. The normalized spacial score (nSPS) is 11.7. The van der Waals surface area contributed by atoms with Crippen LogP contribution in [0.5, 0.6) is 0 Å². The second-order valence-electron chi connectivity index (χ2n) is 4.36. The van der Waals surface area contributed by atoms with Crippen molar-refractivity contribution >= 4 is 39.3 Å². The standard InChI is InChI=1S/C14H13BrN2O4S/c15-11-7-16-13(22-11)10(6-12(18)19)17-14(20)21-8-9-4-2-1-3-5-9/h1-5,7,10H,6,8H2,(H,17,20)(H,18,19). The molecule has 0 fully saturated rings. The van der Waals surface area contributed by atoms with Crippen LogP contribution >= 0.6 is 27.3 Å². The van der Waals surface area contributed by atoms with E-state index >= 15 is 0 Å². The van der Waals surface area contributed by atoms with Gasteiger partial charge in [0.15, 0.2) is 0 Å². The Morgan fingerprint density at radius 3 is 2.68 bits per heavy atom. The summed E-state index contributed by atoms with van der Waals surface area (Å²) in [5.74, 6) is -1.03. The van der Waals surface area contributed by atoms with Crippen LogP contribution in [0.25, 0.3) is 0 Å². The van der Waals surface area contributed by atoms with Crippen molar-refractivity contribution in [3.8, 4) is 0 Å². The van der Waals surface area contributed by atoms with Gasteiger partial charge in [-0.3, -0.25) is 4.79 Å². The molecular weight excluding hydrogens is 372 g/mol. The molecule has 1 amide bonds. The van der Waals surface area contributed by atoms with Gasteiger partial charge in [-0.2, -0.15) is 0 Å². The molecule has 1 heterocycles. The number of ether oxygens (including phenoxy) is 1. The number of thiazole rings is 1. The fourth-order valence-corrected chi connectivity index (χ4v) is 3.00. The van der Waals surface area contributed by atoms with Gasteiger partial charge in [0.05, 0.1) is 22.4 Å². The van der Waals surface area contributed by atoms with Crippen LogP contribution in [-0.4, -0.2) is 22.2 Å². The number of hydrogen-bond acceptors (Lipinski definition) is 5. The minimum absolute atomic E-state index is 0.119. The largest absolute Gasteiger partial charge is 0.481 e. The molecule has 0 aliphatic carbocycles. The smallest absolute Gasteiger partial charge is 0.408 e. The molecule has 0 aliphatic heterocycles. The van der Waals surface area contributed by atoms with Crippen molar-refractivity contribution in [3.63, 3.8) is 0 Å². The number of benzene rings is 1. The molecule has 1 aromatic carbocycles. The van der Waals surface area contributed by atoms with Crippen molar-refractivity contribution in [1.82, 2.24) is 10.3 Å². The zero-order valence-electron chi connectivity index (χ0n) is 11.4. The van der Waals surface area contributed by atoms with Gasteiger partial charge in [0.1, 0.15) is 11.6 Å². The first-order valence-electron chi connectivity index (χ1n) is 6.35. The van der Waals surface area contributed by atoms with Gasteiger partial charge in [-0.1, -0.05) is 30.3 Å². The van der Waals surface area contributed by atoms with Crippen LogP contribution in [0.2, 0.25) is 0 Å². The Hall–Kier alpha value is -1.93. The minimum atomic E-state index is -1.03. The van der Waals surface area contributed by atoms with Gasteiger partial charge in [-0.25, -0.2) is 9.78 Å². The number of nitrogens with zero attached hydrogens (tertiary/aromatic N) is 1. The lowest BCUT2D eigenvalue weighted by atomic mass is 10.2. The third kappa shape index (κ3) is 5.12. The maximum atomic E-state index is 11.8. The number of carboxylic acids is 1.